The second-order valence-electron chi connectivity index (χ2n) is 5.95. The van der Waals surface area contributed by atoms with E-state index in [4.69, 9.17) is 11.6 Å². The number of halogens is 1. The molecule has 28 heavy (non-hydrogen) atoms. The summed E-state index contributed by atoms with van der Waals surface area (Å²) in [6.45, 7) is 0. The SMILES string of the molecule is O=C1CCS(=O)(=O)N1c1ccc(S(=O)(=O)Nc2nc3ccc(Cl)cc3s2)cc1. The van der Waals surface area contributed by atoms with Crippen LogP contribution in [0.4, 0.5) is 10.8 Å². The summed E-state index contributed by atoms with van der Waals surface area (Å²) in [5.41, 5.74) is 0.719. The molecule has 0 bridgehead atoms. The number of nitrogens with one attached hydrogen (secondary N) is 1. The molecule has 0 radical (unpaired) electrons. The predicted octanol–water partition coefficient (Wildman–Crippen LogP) is 2.82. The summed E-state index contributed by atoms with van der Waals surface area (Å²) < 4.78 is 53.0. The van der Waals surface area contributed by atoms with E-state index in [0.717, 1.165) is 16.0 Å². The highest BCUT2D eigenvalue weighted by atomic mass is 35.5. The first-order chi connectivity index (χ1) is 13.2. The van der Waals surface area contributed by atoms with Gasteiger partial charge in [0.15, 0.2) is 5.13 Å². The molecule has 146 valence electrons. The van der Waals surface area contributed by atoms with Crippen LogP contribution in [-0.2, 0) is 24.8 Å². The lowest BCUT2D eigenvalue weighted by atomic mass is 10.3. The quantitative estimate of drug-likeness (QED) is 0.644. The van der Waals surface area contributed by atoms with E-state index >= 15 is 0 Å². The Bertz CT molecular complexity index is 1300. The van der Waals surface area contributed by atoms with Gasteiger partial charge in [-0.2, -0.15) is 0 Å². The summed E-state index contributed by atoms with van der Waals surface area (Å²) in [5, 5.41) is 0.700. The van der Waals surface area contributed by atoms with Gasteiger partial charge in [0.25, 0.3) is 10.0 Å². The Labute approximate surface area is 169 Å². The Kier molecular flexibility index (Phi) is 4.57. The second kappa shape index (κ2) is 6.69. The number of nitrogens with zero attached hydrogens (tertiary/aromatic N) is 2. The van der Waals surface area contributed by atoms with Gasteiger partial charge in [-0.05, 0) is 42.5 Å². The summed E-state index contributed by atoms with van der Waals surface area (Å²) in [6.07, 6.45) is -0.0917. The van der Waals surface area contributed by atoms with Crippen molar-refractivity contribution < 1.29 is 21.6 Å². The summed E-state index contributed by atoms with van der Waals surface area (Å²) in [7, 11) is -7.65. The van der Waals surface area contributed by atoms with Gasteiger partial charge >= 0.3 is 0 Å². The van der Waals surface area contributed by atoms with Gasteiger partial charge in [-0.25, -0.2) is 26.1 Å². The van der Waals surface area contributed by atoms with E-state index < -0.39 is 26.0 Å². The van der Waals surface area contributed by atoms with E-state index in [0.29, 0.717) is 14.8 Å². The molecule has 1 saturated heterocycles. The number of aromatic nitrogens is 1. The van der Waals surface area contributed by atoms with Crippen LogP contribution < -0.4 is 9.03 Å². The topological polar surface area (TPSA) is 114 Å². The predicted molar refractivity (Wildman–Crippen MR) is 108 cm³/mol. The zero-order valence-electron chi connectivity index (χ0n) is 14.0. The van der Waals surface area contributed by atoms with E-state index in [1.807, 2.05) is 0 Å². The molecule has 0 spiro atoms. The van der Waals surface area contributed by atoms with Gasteiger partial charge in [-0.3, -0.25) is 9.52 Å². The number of anilines is 2. The van der Waals surface area contributed by atoms with Gasteiger partial charge in [0.2, 0.25) is 15.9 Å². The minimum absolute atomic E-state index is 0.0856. The van der Waals surface area contributed by atoms with Crippen LogP contribution in [-0.4, -0.2) is 33.5 Å². The van der Waals surface area contributed by atoms with Crippen LogP contribution in [0, 0.1) is 0 Å². The highest BCUT2D eigenvalue weighted by molar-refractivity contribution is 7.94. The van der Waals surface area contributed by atoms with E-state index in [1.165, 1.54) is 24.3 Å². The van der Waals surface area contributed by atoms with Gasteiger partial charge in [0, 0.05) is 11.4 Å². The zero-order chi connectivity index (χ0) is 20.1. The third-order valence-corrected chi connectivity index (χ3v) is 8.38. The van der Waals surface area contributed by atoms with Crippen molar-refractivity contribution in [2.75, 3.05) is 14.8 Å². The van der Waals surface area contributed by atoms with Crippen molar-refractivity contribution in [3.05, 3.63) is 47.5 Å². The molecule has 1 fully saturated rings. The maximum atomic E-state index is 12.6. The second-order valence-corrected chi connectivity index (χ2v) is 11.0. The Morgan fingerprint density at radius 3 is 2.50 bits per heavy atom. The van der Waals surface area contributed by atoms with Gasteiger partial charge in [-0.15, -0.1) is 0 Å². The molecule has 1 aromatic heterocycles. The molecule has 12 heteroatoms. The Morgan fingerprint density at radius 2 is 1.86 bits per heavy atom. The van der Waals surface area contributed by atoms with Crippen molar-refractivity contribution in [3.8, 4) is 0 Å². The smallest absolute Gasteiger partial charge is 0.263 e. The van der Waals surface area contributed by atoms with Gasteiger partial charge in [0.1, 0.15) is 0 Å². The maximum absolute atomic E-state index is 12.6. The van der Waals surface area contributed by atoms with E-state index in [-0.39, 0.29) is 27.9 Å². The third-order valence-electron chi connectivity index (χ3n) is 4.03. The van der Waals surface area contributed by atoms with Crippen LogP contribution in [0.1, 0.15) is 6.42 Å². The van der Waals surface area contributed by atoms with Crippen molar-refractivity contribution in [2.45, 2.75) is 11.3 Å². The Hall–Kier alpha value is -2.21. The number of rotatable bonds is 4. The van der Waals surface area contributed by atoms with Crippen molar-refractivity contribution in [2.24, 2.45) is 0 Å². The molecule has 0 atom stereocenters. The molecular formula is C16H12ClN3O5S3. The molecule has 2 aromatic carbocycles. The summed E-state index contributed by atoms with van der Waals surface area (Å²) in [4.78, 5) is 15.9. The number of thiazole rings is 1. The molecule has 1 amide bonds. The highest BCUT2D eigenvalue weighted by Crippen LogP contribution is 2.31. The third kappa shape index (κ3) is 3.46. The molecule has 0 unspecified atom stereocenters. The summed E-state index contributed by atoms with van der Waals surface area (Å²) in [6, 6.07) is 10.1. The maximum Gasteiger partial charge on any atom is 0.263 e. The molecular weight excluding hydrogens is 446 g/mol. The first-order valence-electron chi connectivity index (χ1n) is 7.90. The summed E-state index contributed by atoms with van der Waals surface area (Å²) >= 11 is 7.06. The molecule has 0 saturated carbocycles. The molecule has 0 aliphatic carbocycles. The minimum Gasteiger partial charge on any atom is -0.273 e. The molecule has 3 aromatic rings. The first-order valence-corrected chi connectivity index (χ1v) is 12.2. The lowest BCUT2D eigenvalue weighted by molar-refractivity contribution is -0.116. The van der Waals surface area contributed by atoms with Gasteiger partial charge in [0.05, 0.1) is 26.6 Å². The van der Waals surface area contributed by atoms with Crippen molar-refractivity contribution in [3.63, 3.8) is 0 Å². The van der Waals surface area contributed by atoms with Crippen LogP contribution in [0.5, 0.6) is 0 Å². The van der Waals surface area contributed by atoms with E-state index in [9.17, 15) is 21.6 Å². The molecule has 4 rings (SSSR count). The molecule has 2 heterocycles. The van der Waals surface area contributed by atoms with Crippen LogP contribution in [0.3, 0.4) is 0 Å². The van der Waals surface area contributed by atoms with Gasteiger partial charge < -0.3 is 0 Å². The number of hydrogen-bond acceptors (Lipinski definition) is 7. The number of sulfonamides is 2. The number of carbonyl (C=O) groups excluding carboxylic acids is 1. The van der Waals surface area contributed by atoms with Crippen molar-refractivity contribution >= 4 is 69.9 Å². The average Bonchev–Trinajstić information content (AvgIpc) is 3.13. The van der Waals surface area contributed by atoms with E-state index in [2.05, 4.69) is 9.71 Å². The molecule has 8 nitrogen and oxygen atoms in total. The normalized spacial score (nSPS) is 16.6. The van der Waals surface area contributed by atoms with Crippen LogP contribution in [0.25, 0.3) is 10.2 Å². The fraction of sp³-hybridized carbons (Fsp3) is 0.125. The van der Waals surface area contributed by atoms with Crippen molar-refractivity contribution in [1.29, 1.82) is 0 Å². The van der Waals surface area contributed by atoms with Gasteiger partial charge in [-0.1, -0.05) is 22.9 Å². The number of fused-ring (bicyclic) bond motifs is 1. The lowest BCUT2D eigenvalue weighted by Gasteiger charge is -2.15. The number of hydrogen-bond donors (Lipinski definition) is 1. The van der Waals surface area contributed by atoms with Crippen LogP contribution in [0.2, 0.25) is 5.02 Å². The standard InChI is InChI=1S/C16H12ClN3O5S3/c17-10-1-6-13-14(9-10)26-16(18-13)19-28(24,25)12-4-2-11(3-5-12)20-15(21)7-8-27(20,22)23/h1-6,9H,7-8H2,(H,18,19). The van der Waals surface area contributed by atoms with Crippen LogP contribution in [0.15, 0.2) is 47.4 Å². The average molecular weight is 458 g/mol. The Balaban J connectivity index is 1.61. The molecule has 1 aliphatic rings. The fourth-order valence-electron chi connectivity index (χ4n) is 2.75. The summed E-state index contributed by atoms with van der Waals surface area (Å²) in [5.74, 6) is -0.795. The number of benzene rings is 2. The minimum atomic E-state index is -3.94. The van der Waals surface area contributed by atoms with E-state index in [1.54, 1.807) is 18.2 Å². The highest BCUT2D eigenvalue weighted by Gasteiger charge is 2.36. The van der Waals surface area contributed by atoms with Crippen molar-refractivity contribution in [1.82, 2.24) is 4.98 Å². The number of amides is 1. The van der Waals surface area contributed by atoms with Crippen LogP contribution >= 0.6 is 22.9 Å². The largest absolute Gasteiger partial charge is 0.273 e. The monoisotopic (exact) mass is 457 g/mol. The fourth-order valence-corrected chi connectivity index (χ4v) is 6.58. The zero-order valence-corrected chi connectivity index (χ0v) is 17.2. The molecule has 1 N–H and O–H groups in total. The number of carbonyl (C=O) groups is 1. The Morgan fingerprint density at radius 1 is 1.14 bits per heavy atom. The first kappa shape index (κ1) is 19.1. The molecule has 1 aliphatic heterocycles. The lowest BCUT2D eigenvalue weighted by Crippen LogP contribution is -2.29.